The number of benzene rings is 1. The van der Waals surface area contributed by atoms with Crippen LogP contribution in [-0.4, -0.2) is 81.9 Å². The summed E-state index contributed by atoms with van der Waals surface area (Å²) in [5.74, 6) is -0.711. The molecule has 3 atom stereocenters. The first-order valence-corrected chi connectivity index (χ1v) is 13.6. The van der Waals surface area contributed by atoms with Crippen molar-refractivity contribution in [2.45, 2.75) is 57.4 Å². The molecule has 0 radical (unpaired) electrons. The maximum Gasteiger partial charge on any atom is 0.308 e. The monoisotopic (exact) mass is 511 g/mol. The standard InChI is InChI=1S/C29H41N3O5/c1-3-4-14-31(15-6-16-33)27(34)20-32-19-24(21-8-11-26-22(18-21)12-17-37-26)28(29(35)36)25(32)10-9-23-7-5-13-30(23)2/h5,7-8,11,13,18,24-25,28,33H,3-4,6,9-10,12,14-17,19-20H2,1-2H3,(H,35,36). The minimum absolute atomic E-state index is 0.0120. The number of aliphatic hydroxyl groups is 1. The number of carbonyl (C=O) groups excluding carboxylic acids is 1. The fraction of sp³-hybridized carbons (Fsp3) is 0.586. The quantitative estimate of drug-likeness (QED) is 0.429. The zero-order valence-corrected chi connectivity index (χ0v) is 22.1. The predicted molar refractivity (Wildman–Crippen MR) is 142 cm³/mol. The number of likely N-dealkylation sites (tertiary alicyclic amines) is 1. The largest absolute Gasteiger partial charge is 0.493 e. The van der Waals surface area contributed by atoms with Crippen LogP contribution in [-0.2, 0) is 29.5 Å². The van der Waals surface area contributed by atoms with Crippen LogP contribution in [0.5, 0.6) is 5.75 Å². The molecule has 2 aromatic rings. The van der Waals surface area contributed by atoms with Gasteiger partial charge in [0.15, 0.2) is 0 Å². The second-order valence-electron chi connectivity index (χ2n) is 10.4. The van der Waals surface area contributed by atoms with Crippen molar-refractivity contribution in [2.75, 3.05) is 39.4 Å². The average molecular weight is 512 g/mol. The van der Waals surface area contributed by atoms with E-state index in [2.05, 4.69) is 28.5 Å². The molecule has 2 aliphatic heterocycles. The number of carboxylic acid groups (broad SMARTS) is 1. The van der Waals surface area contributed by atoms with Crippen LogP contribution in [0.25, 0.3) is 0 Å². The van der Waals surface area contributed by atoms with Crippen molar-refractivity contribution in [1.29, 1.82) is 0 Å². The third-order valence-electron chi connectivity index (χ3n) is 7.98. The van der Waals surface area contributed by atoms with Gasteiger partial charge in [0.2, 0.25) is 5.91 Å². The van der Waals surface area contributed by atoms with Crippen LogP contribution in [0.15, 0.2) is 36.5 Å². The Morgan fingerprint density at radius 3 is 2.70 bits per heavy atom. The van der Waals surface area contributed by atoms with E-state index >= 15 is 0 Å². The number of aromatic nitrogens is 1. The Morgan fingerprint density at radius 1 is 1.19 bits per heavy atom. The highest BCUT2D eigenvalue weighted by Gasteiger charge is 2.47. The molecule has 1 fully saturated rings. The minimum atomic E-state index is -0.809. The Balaban J connectivity index is 1.59. The van der Waals surface area contributed by atoms with E-state index in [0.29, 0.717) is 39.1 Å². The van der Waals surface area contributed by atoms with Crippen LogP contribution in [0.3, 0.4) is 0 Å². The van der Waals surface area contributed by atoms with Crippen LogP contribution < -0.4 is 4.74 Å². The molecule has 0 bridgehead atoms. The number of amides is 1. The summed E-state index contributed by atoms with van der Waals surface area (Å²) in [5.41, 5.74) is 3.30. The Kier molecular flexibility index (Phi) is 9.27. The third-order valence-corrected chi connectivity index (χ3v) is 7.98. The molecule has 0 spiro atoms. The van der Waals surface area contributed by atoms with E-state index < -0.39 is 11.9 Å². The van der Waals surface area contributed by atoms with Crippen molar-refractivity contribution in [3.63, 3.8) is 0 Å². The molecule has 1 amide bonds. The normalized spacial score (nSPS) is 21.1. The highest BCUT2D eigenvalue weighted by molar-refractivity contribution is 5.79. The molecule has 8 heteroatoms. The average Bonchev–Trinajstić information content (AvgIpc) is 3.60. The molecule has 3 unspecified atom stereocenters. The number of aryl methyl sites for hydroxylation is 2. The molecular weight excluding hydrogens is 470 g/mol. The van der Waals surface area contributed by atoms with Gasteiger partial charge >= 0.3 is 5.97 Å². The number of aliphatic carboxylic acids is 1. The summed E-state index contributed by atoms with van der Waals surface area (Å²) in [6, 6.07) is 9.89. The van der Waals surface area contributed by atoms with Crippen molar-refractivity contribution in [1.82, 2.24) is 14.4 Å². The van der Waals surface area contributed by atoms with Gasteiger partial charge < -0.3 is 24.4 Å². The lowest BCUT2D eigenvalue weighted by Crippen LogP contribution is -2.45. The van der Waals surface area contributed by atoms with Gasteiger partial charge in [0.1, 0.15) is 5.75 Å². The van der Waals surface area contributed by atoms with Crippen molar-refractivity contribution < 1.29 is 24.5 Å². The maximum atomic E-state index is 13.5. The van der Waals surface area contributed by atoms with Gasteiger partial charge in [-0.25, -0.2) is 0 Å². The molecule has 0 saturated carbocycles. The van der Waals surface area contributed by atoms with E-state index in [4.69, 9.17) is 4.74 Å². The van der Waals surface area contributed by atoms with Crippen molar-refractivity contribution in [3.8, 4) is 5.75 Å². The van der Waals surface area contributed by atoms with E-state index in [-0.39, 0.29) is 31.0 Å². The topological polar surface area (TPSA) is 95.2 Å². The van der Waals surface area contributed by atoms with Gasteiger partial charge in [0, 0.05) is 63.6 Å². The van der Waals surface area contributed by atoms with E-state index in [1.807, 2.05) is 36.3 Å². The number of fused-ring (bicyclic) bond motifs is 1. The van der Waals surface area contributed by atoms with E-state index in [0.717, 1.165) is 48.3 Å². The summed E-state index contributed by atoms with van der Waals surface area (Å²) < 4.78 is 7.74. The van der Waals surface area contributed by atoms with Crippen LogP contribution in [0.2, 0.25) is 0 Å². The number of rotatable bonds is 13. The zero-order valence-electron chi connectivity index (χ0n) is 22.1. The first-order chi connectivity index (χ1) is 17.9. The minimum Gasteiger partial charge on any atom is -0.493 e. The van der Waals surface area contributed by atoms with Gasteiger partial charge in [0.05, 0.1) is 19.1 Å². The van der Waals surface area contributed by atoms with Gasteiger partial charge in [-0.05, 0) is 55.0 Å². The molecule has 4 rings (SSSR count). The predicted octanol–water partition coefficient (Wildman–Crippen LogP) is 3.07. The van der Waals surface area contributed by atoms with Crippen LogP contribution >= 0.6 is 0 Å². The smallest absolute Gasteiger partial charge is 0.308 e. The van der Waals surface area contributed by atoms with Crippen molar-refractivity contribution in [2.24, 2.45) is 13.0 Å². The van der Waals surface area contributed by atoms with Gasteiger partial charge in [-0.2, -0.15) is 0 Å². The van der Waals surface area contributed by atoms with Gasteiger partial charge in [-0.3, -0.25) is 14.5 Å². The number of nitrogens with zero attached hydrogens (tertiary/aromatic N) is 3. The van der Waals surface area contributed by atoms with Crippen molar-refractivity contribution in [3.05, 3.63) is 53.3 Å². The van der Waals surface area contributed by atoms with Crippen LogP contribution in [0.1, 0.15) is 55.3 Å². The molecule has 0 aliphatic carbocycles. The molecule has 202 valence electrons. The Hall–Kier alpha value is -2.84. The number of aliphatic hydroxyl groups excluding tert-OH is 1. The molecule has 1 aromatic heterocycles. The van der Waals surface area contributed by atoms with Gasteiger partial charge in [-0.1, -0.05) is 25.5 Å². The summed E-state index contributed by atoms with van der Waals surface area (Å²) in [5, 5.41) is 19.8. The second-order valence-corrected chi connectivity index (χ2v) is 10.4. The van der Waals surface area contributed by atoms with Crippen LogP contribution in [0, 0.1) is 5.92 Å². The maximum absolute atomic E-state index is 13.5. The number of carboxylic acids is 1. The summed E-state index contributed by atoms with van der Waals surface area (Å²) in [6.45, 7) is 4.71. The highest BCUT2D eigenvalue weighted by atomic mass is 16.5. The van der Waals surface area contributed by atoms with Gasteiger partial charge in [0.25, 0.3) is 0 Å². The second kappa shape index (κ2) is 12.6. The fourth-order valence-electron chi connectivity index (χ4n) is 5.92. The van der Waals surface area contributed by atoms with E-state index in [9.17, 15) is 19.8 Å². The molecular formula is C29H41N3O5. The first kappa shape index (κ1) is 27.2. The summed E-state index contributed by atoms with van der Waals surface area (Å²) >= 11 is 0. The Bertz CT molecular complexity index is 1060. The number of hydrogen-bond donors (Lipinski definition) is 2. The number of carbonyl (C=O) groups is 2. The van der Waals surface area contributed by atoms with E-state index in [1.165, 1.54) is 0 Å². The number of hydrogen-bond acceptors (Lipinski definition) is 5. The lowest BCUT2D eigenvalue weighted by atomic mass is 9.83. The van der Waals surface area contributed by atoms with E-state index in [1.54, 1.807) is 0 Å². The molecule has 1 saturated heterocycles. The molecule has 3 heterocycles. The molecule has 8 nitrogen and oxygen atoms in total. The molecule has 2 N–H and O–H groups in total. The number of unbranched alkanes of at least 4 members (excludes halogenated alkanes) is 1. The molecule has 2 aliphatic rings. The summed E-state index contributed by atoms with van der Waals surface area (Å²) in [6.07, 6.45) is 6.69. The molecule has 37 heavy (non-hydrogen) atoms. The third kappa shape index (κ3) is 6.36. The lowest BCUT2D eigenvalue weighted by molar-refractivity contribution is -0.143. The summed E-state index contributed by atoms with van der Waals surface area (Å²) in [4.78, 5) is 30.1. The van der Waals surface area contributed by atoms with Crippen LogP contribution in [0.4, 0.5) is 0 Å². The first-order valence-electron chi connectivity index (χ1n) is 13.6. The van der Waals surface area contributed by atoms with Gasteiger partial charge in [-0.15, -0.1) is 0 Å². The lowest BCUT2D eigenvalue weighted by Gasteiger charge is -2.29. The summed E-state index contributed by atoms with van der Waals surface area (Å²) in [7, 11) is 2.00. The zero-order chi connectivity index (χ0) is 26.4. The molecule has 1 aromatic carbocycles. The van der Waals surface area contributed by atoms with Crippen molar-refractivity contribution >= 4 is 11.9 Å². The SMILES string of the molecule is CCCCN(CCCO)C(=O)CN1CC(c2ccc3c(c2)CCO3)C(C(=O)O)C1CCc1cccn1C. The Morgan fingerprint density at radius 2 is 2.00 bits per heavy atom. The number of ether oxygens (including phenoxy) is 1. The highest BCUT2D eigenvalue weighted by Crippen LogP contribution is 2.41. The fourth-order valence-corrected chi connectivity index (χ4v) is 5.92. The Labute approximate surface area is 219 Å².